The number of nitrogens with one attached hydrogen (secondary N) is 1. The molecule has 2 aromatic rings. The lowest BCUT2D eigenvalue weighted by Crippen LogP contribution is -2.20. The summed E-state index contributed by atoms with van der Waals surface area (Å²) >= 11 is 5.87. The van der Waals surface area contributed by atoms with Crippen molar-refractivity contribution < 1.29 is 39.3 Å². The van der Waals surface area contributed by atoms with Gasteiger partial charge in [0.2, 0.25) is 5.96 Å². The van der Waals surface area contributed by atoms with Crippen LogP contribution in [0.15, 0.2) is 58.8 Å². The van der Waals surface area contributed by atoms with Crippen molar-refractivity contribution >= 4 is 23.7 Å². The van der Waals surface area contributed by atoms with Gasteiger partial charge in [-0.25, -0.2) is 9.79 Å². The van der Waals surface area contributed by atoms with Gasteiger partial charge in [0.1, 0.15) is 12.4 Å². The number of unbranched alkanes of at least 4 members (excludes halogenated alkanes) is 3. The molecular formula is C30H42ClN5O8. The second kappa shape index (κ2) is 24.7. The van der Waals surface area contributed by atoms with Crippen LogP contribution in [0.5, 0.6) is 5.75 Å². The summed E-state index contributed by atoms with van der Waals surface area (Å²) in [4.78, 5) is 20.5. The third-order valence-electron chi connectivity index (χ3n) is 5.55. The van der Waals surface area contributed by atoms with E-state index < -0.39 is 6.16 Å². The van der Waals surface area contributed by atoms with Crippen molar-refractivity contribution in [1.82, 2.24) is 9.88 Å². The Bertz CT molecular complexity index is 1240. The van der Waals surface area contributed by atoms with Crippen LogP contribution < -0.4 is 15.4 Å². The molecule has 0 aliphatic rings. The lowest BCUT2D eigenvalue weighted by atomic mass is 10.2. The minimum atomic E-state index is -0.863. The fourth-order valence-electron chi connectivity index (χ4n) is 3.33. The van der Waals surface area contributed by atoms with E-state index in [1.807, 2.05) is 18.3 Å². The molecule has 14 heteroatoms. The lowest BCUT2D eigenvalue weighted by Gasteiger charge is -2.09. The third kappa shape index (κ3) is 18.8. The molecule has 0 saturated carbocycles. The Kier molecular flexibility index (Phi) is 19.6. The largest absolute Gasteiger partial charge is 0.510 e. The molecule has 0 amide bonds. The number of methoxy groups -OCH3 is 1. The Morgan fingerprint density at radius 1 is 0.909 bits per heavy atom. The average Bonchev–Trinajstić information content (AvgIpc) is 3.03. The number of benzene rings is 1. The zero-order valence-electron chi connectivity index (χ0n) is 26.1. The molecule has 0 unspecified atom stereocenters. The zero-order chi connectivity index (χ0) is 32.4. The van der Waals surface area contributed by atoms with Gasteiger partial charge in [-0.05, 0) is 55.6 Å². The summed E-state index contributed by atoms with van der Waals surface area (Å²) in [7, 11) is 1.61. The first kappa shape index (κ1) is 34.8. The Morgan fingerprint density at radius 2 is 1.59 bits per heavy atom. The zero-order valence-corrected chi connectivity index (χ0v) is 25.8. The van der Waals surface area contributed by atoms with Crippen molar-refractivity contribution in [3.05, 3.63) is 59.1 Å². The summed E-state index contributed by atoms with van der Waals surface area (Å²) in [5.41, 5.74) is 0. The second-order valence-electron chi connectivity index (χ2n) is 8.96. The summed E-state index contributed by atoms with van der Waals surface area (Å²) in [6, 6.07) is 8.88. The van der Waals surface area contributed by atoms with Gasteiger partial charge in [-0.1, -0.05) is 18.0 Å². The van der Waals surface area contributed by atoms with Gasteiger partial charge >= 0.3 is 6.16 Å². The molecule has 13 nitrogen and oxygen atoms in total. The first-order valence-corrected chi connectivity index (χ1v) is 14.7. The Hall–Kier alpha value is -3.67. The first-order chi connectivity index (χ1) is 22.0. The van der Waals surface area contributed by atoms with Crippen molar-refractivity contribution in [2.45, 2.75) is 32.4 Å². The van der Waals surface area contributed by atoms with E-state index in [0.717, 1.165) is 31.4 Å². The van der Waals surface area contributed by atoms with Crippen LogP contribution in [-0.2, 0) is 35.2 Å². The van der Waals surface area contributed by atoms with Gasteiger partial charge in [0.05, 0.1) is 59.6 Å². The summed E-state index contributed by atoms with van der Waals surface area (Å²) in [6.45, 7) is 3.92. The number of nitrogens with zero attached hydrogens (tertiary/aromatic N) is 4. The molecule has 1 aromatic carbocycles. The fourth-order valence-corrected chi connectivity index (χ4v) is 3.46. The standard InChI is InChI=1S/C30H42ClN5O8/c1-38-16-17-39-18-19-40-20-21-41-22-23-43-30(37)44-25-36-13-10-27(11-14-36)35-29(34-24-32)33-12-4-2-3-5-15-42-28-8-6-26(31)7-9-28/h6-11,13-14H,2-5,12,15-23,25H2,1H3,(H,33,34)/i10T/b35-27-. The van der Waals surface area contributed by atoms with E-state index >= 15 is 0 Å². The molecule has 44 heavy (non-hydrogen) atoms. The van der Waals surface area contributed by atoms with E-state index in [1.54, 1.807) is 31.5 Å². The number of pyridine rings is 1. The first-order valence-electron chi connectivity index (χ1n) is 14.8. The number of aliphatic imine (C=N–C) groups is 1. The van der Waals surface area contributed by atoms with Crippen molar-refractivity contribution in [1.29, 1.82) is 5.26 Å². The molecule has 0 aliphatic carbocycles. The molecule has 242 valence electrons. The molecule has 0 bridgehead atoms. The number of carbonyl (C=O) groups is 1. The van der Waals surface area contributed by atoms with E-state index in [-0.39, 0.29) is 31.9 Å². The number of ether oxygens (including phenoxy) is 7. The van der Waals surface area contributed by atoms with Crippen LogP contribution in [0.2, 0.25) is 5.02 Å². The monoisotopic (exact) mass is 637 g/mol. The van der Waals surface area contributed by atoms with Crippen LogP contribution in [0, 0.1) is 11.5 Å². The van der Waals surface area contributed by atoms with Gasteiger partial charge < -0.3 is 37.7 Å². The van der Waals surface area contributed by atoms with Gasteiger partial charge in [0, 0.05) is 31.1 Å². The number of hydrogen-bond acceptors (Lipinski definition) is 10. The average molecular weight is 638 g/mol. The number of carbonyl (C=O) groups excluding carboxylic acids is 1. The quantitative estimate of drug-likeness (QED) is 0.0503. The summed E-state index contributed by atoms with van der Waals surface area (Å²) in [6.07, 6.45) is 7.63. The minimum Gasteiger partial charge on any atom is -0.494 e. The highest BCUT2D eigenvalue weighted by Crippen LogP contribution is 2.16. The Labute approximate surface area is 264 Å². The lowest BCUT2D eigenvalue weighted by molar-refractivity contribution is -0.0119. The Morgan fingerprint density at radius 3 is 2.27 bits per heavy atom. The molecule has 2 rings (SSSR count). The van der Waals surface area contributed by atoms with Gasteiger partial charge in [0.15, 0.2) is 12.9 Å². The predicted octanol–water partition coefficient (Wildman–Crippen LogP) is 3.92. The molecule has 0 radical (unpaired) electrons. The van der Waals surface area contributed by atoms with Crippen LogP contribution >= 0.6 is 11.6 Å². The molecule has 1 heterocycles. The number of hydrogen-bond donors (Lipinski definition) is 1. The van der Waals surface area contributed by atoms with Gasteiger partial charge in [0.25, 0.3) is 0 Å². The number of halogens is 1. The molecule has 0 atom stereocenters. The van der Waals surface area contributed by atoms with Gasteiger partial charge in [-0.2, -0.15) is 5.26 Å². The highest BCUT2D eigenvalue weighted by atomic mass is 35.5. The van der Waals surface area contributed by atoms with Crippen molar-refractivity contribution in [3.63, 3.8) is 0 Å². The summed E-state index contributed by atoms with van der Waals surface area (Å²) < 4.78 is 46.3. The molecule has 0 saturated heterocycles. The summed E-state index contributed by atoms with van der Waals surface area (Å²) in [5.74, 6) is 0.913. The van der Waals surface area contributed by atoms with E-state index in [1.165, 1.54) is 10.8 Å². The molecular weight excluding hydrogens is 594 g/mol. The van der Waals surface area contributed by atoms with Crippen LogP contribution in [0.4, 0.5) is 4.79 Å². The number of rotatable bonds is 22. The predicted molar refractivity (Wildman–Crippen MR) is 163 cm³/mol. The fraction of sp³-hybridized carbons (Fsp3) is 0.533. The third-order valence-corrected chi connectivity index (χ3v) is 5.80. The van der Waals surface area contributed by atoms with Crippen LogP contribution in [0.1, 0.15) is 27.1 Å². The van der Waals surface area contributed by atoms with Crippen molar-refractivity contribution in [2.24, 2.45) is 9.98 Å². The molecule has 1 aromatic heterocycles. The smallest absolute Gasteiger partial charge is 0.494 e. The second-order valence-corrected chi connectivity index (χ2v) is 9.40. The van der Waals surface area contributed by atoms with Gasteiger partial charge in [-0.15, -0.1) is 0 Å². The van der Waals surface area contributed by atoms with Crippen LogP contribution in [-0.4, -0.2) is 89.8 Å². The van der Waals surface area contributed by atoms with E-state index in [2.05, 4.69) is 15.3 Å². The van der Waals surface area contributed by atoms with E-state index in [4.69, 9.17) is 51.4 Å². The highest BCUT2D eigenvalue weighted by Gasteiger charge is 2.04. The van der Waals surface area contributed by atoms with E-state index in [9.17, 15) is 4.79 Å². The normalized spacial score (nSPS) is 12.0. The van der Waals surface area contributed by atoms with Gasteiger partial charge in [-0.3, -0.25) is 10.3 Å². The maximum absolute atomic E-state index is 11.8. The van der Waals surface area contributed by atoms with Crippen LogP contribution in [0.25, 0.3) is 0 Å². The summed E-state index contributed by atoms with van der Waals surface area (Å²) in [5, 5.41) is 12.5. The maximum atomic E-state index is 11.8. The number of guanidine groups is 1. The Balaban J connectivity index is 1.61. The highest BCUT2D eigenvalue weighted by molar-refractivity contribution is 6.30. The van der Waals surface area contributed by atoms with Crippen molar-refractivity contribution in [3.8, 4) is 11.9 Å². The maximum Gasteiger partial charge on any atom is 0.510 e. The van der Waals surface area contributed by atoms with Crippen molar-refractivity contribution in [2.75, 3.05) is 73.1 Å². The number of nitriles is 1. The van der Waals surface area contributed by atoms with E-state index in [0.29, 0.717) is 63.2 Å². The molecule has 0 aliphatic heterocycles. The molecule has 0 fully saturated rings. The minimum absolute atomic E-state index is 0.0257. The SMILES string of the molecule is [3H]c1cn(COC(=O)OCCOCCOCCOCCOC)cc/c1=N\C(=NCCCCCCOc1ccc(Cl)cc1)NC#N. The molecule has 1 N–H and O–H groups in total. The molecule has 0 spiro atoms. The topological polar surface area (TPSA) is 147 Å². The number of aromatic nitrogens is 1. The van der Waals surface area contributed by atoms with Crippen LogP contribution in [0.3, 0.4) is 0 Å².